The number of aromatic nitrogens is 3. The maximum absolute atomic E-state index is 12.8. The van der Waals surface area contributed by atoms with Crippen LogP contribution in [-0.2, 0) is 20.5 Å². The Morgan fingerprint density at radius 3 is 2.76 bits per heavy atom. The SMILES string of the molecule is Cc1nn(C)c(C)c1C[C@H](C)NC(=O)N1CCC[C@H]1c1cccn1C. The van der Waals surface area contributed by atoms with Crippen molar-refractivity contribution < 1.29 is 4.79 Å². The third-order valence-corrected chi connectivity index (χ3v) is 5.38. The number of hydrogen-bond acceptors (Lipinski definition) is 2. The van der Waals surface area contributed by atoms with Crippen molar-refractivity contribution in [1.82, 2.24) is 24.6 Å². The average Bonchev–Trinajstić information content (AvgIpc) is 3.24. The van der Waals surface area contributed by atoms with E-state index >= 15 is 0 Å². The Labute approximate surface area is 149 Å². The lowest BCUT2D eigenvalue weighted by Gasteiger charge is -2.27. The fourth-order valence-electron chi connectivity index (χ4n) is 3.90. The maximum atomic E-state index is 12.8. The minimum absolute atomic E-state index is 0.0374. The van der Waals surface area contributed by atoms with Gasteiger partial charge in [-0.05, 0) is 57.7 Å². The highest BCUT2D eigenvalue weighted by molar-refractivity contribution is 5.75. The first-order chi connectivity index (χ1) is 11.9. The predicted octanol–water partition coefficient (Wildman–Crippen LogP) is 2.85. The van der Waals surface area contributed by atoms with Crippen molar-refractivity contribution >= 4 is 6.03 Å². The van der Waals surface area contributed by atoms with Gasteiger partial charge in [-0.15, -0.1) is 0 Å². The Hall–Kier alpha value is -2.24. The van der Waals surface area contributed by atoms with Crippen molar-refractivity contribution in [3.05, 3.63) is 41.0 Å². The molecule has 0 unspecified atom stereocenters. The summed E-state index contributed by atoms with van der Waals surface area (Å²) in [7, 11) is 4.00. The van der Waals surface area contributed by atoms with Crippen molar-refractivity contribution in [2.24, 2.45) is 14.1 Å². The smallest absolute Gasteiger partial charge is 0.318 e. The van der Waals surface area contributed by atoms with Crippen LogP contribution in [0.25, 0.3) is 0 Å². The zero-order valence-corrected chi connectivity index (χ0v) is 15.9. The van der Waals surface area contributed by atoms with Crippen LogP contribution in [0, 0.1) is 13.8 Å². The van der Waals surface area contributed by atoms with Crippen molar-refractivity contribution in [2.45, 2.75) is 52.1 Å². The van der Waals surface area contributed by atoms with E-state index < -0.39 is 0 Å². The van der Waals surface area contributed by atoms with Gasteiger partial charge in [-0.25, -0.2) is 4.79 Å². The Morgan fingerprint density at radius 2 is 2.16 bits per heavy atom. The lowest BCUT2D eigenvalue weighted by Crippen LogP contribution is -2.44. The van der Waals surface area contributed by atoms with Gasteiger partial charge in [-0.1, -0.05) is 0 Å². The van der Waals surface area contributed by atoms with E-state index in [1.54, 1.807) is 0 Å². The van der Waals surface area contributed by atoms with Gasteiger partial charge in [0.05, 0.1) is 11.7 Å². The number of nitrogens with zero attached hydrogens (tertiary/aromatic N) is 4. The molecule has 1 fully saturated rings. The molecule has 25 heavy (non-hydrogen) atoms. The highest BCUT2D eigenvalue weighted by Crippen LogP contribution is 2.31. The normalized spacial score (nSPS) is 18.6. The standard InChI is InChI=1S/C19H29N5O/c1-13(12-16-14(2)21-23(5)15(16)3)20-19(25)24-11-7-9-18(24)17-8-6-10-22(17)4/h6,8,10,13,18H,7,9,11-12H2,1-5H3,(H,20,25)/t13-,18-/m0/s1. The first-order valence-corrected chi connectivity index (χ1v) is 9.06. The van der Waals surface area contributed by atoms with Gasteiger partial charge in [-0.2, -0.15) is 5.10 Å². The number of aryl methyl sites for hydroxylation is 3. The summed E-state index contributed by atoms with van der Waals surface area (Å²) < 4.78 is 4.02. The number of carbonyl (C=O) groups is 1. The maximum Gasteiger partial charge on any atom is 0.318 e. The van der Waals surface area contributed by atoms with E-state index in [2.05, 4.69) is 34.9 Å². The molecular weight excluding hydrogens is 314 g/mol. The number of rotatable bonds is 4. The van der Waals surface area contributed by atoms with E-state index in [9.17, 15) is 4.79 Å². The van der Waals surface area contributed by atoms with Crippen LogP contribution in [0.15, 0.2) is 18.3 Å². The van der Waals surface area contributed by atoms with Gasteiger partial charge in [0.15, 0.2) is 0 Å². The summed E-state index contributed by atoms with van der Waals surface area (Å²) in [5.41, 5.74) is 4.65. The highest BCUT2D eigenvalue weighted by Gasteiger charge is 2.31. The molecule has 0 aliphatic carbocycles. The minimum Gasteiger partial charge on any atom is -0.353 e. The van der Waals surface area contributed by atoms with Crippen molar-refractivity contribution in [1.29, 1.82) is 0 Å². The van der Waals surface area contributed by atoms with Crippen molar-refractivity contribution in [2.75, 3.05) is 6.54 Å². The lowest BCUT2D eigenvalue weighted by molar-refractivity contribution is 0.188. The zero-order chi connectivity index (χ0) is 18.1. The molecule has 0 radical (unpaired) electrons. The fourth-order valence-corrected chi connectivity index (χ4v) is 3.90. The van der Waals surface area contributed by atoms with Gasteiger partial charge in [0.25, 0.3) is 0 Å². The van der Waals surface area contributed by atoms with Gasteiger partial charge in [0.1, 0.15) is 0 Å². The summed E-state index contributed by atoms with van der Waals surface area (Å²) in [6, 6.07) is 4.44. The molecule has 1 N–H and O–H groups in total. The Kier molecular flexibility index (Phi) is 4.88. The van der Waals surface area contributed by atoms with Crippen LogP contribution in [0.3, 0.4) is 0 Å². The lowest BCUT2D eigenvalue weighted by atomic mass is 10.1. The fraction of sp³-hybridized carbons (Fsp3) is 0.579. The van der Waals surface area contributed by atoms with Gasteiger partial charge in [0.2, 0.25) is 0 Å². The molecule has 136 valence electrons. The number of carbonyl (C=O) groups excluding carboxylic acids is 1. The molecule has 0 bridgehead atoms. The van der Waals surface area contributed by atoms with E-state index in [-0.39, 0.29) is 18.1 Å². The molecule has 2 aromatic rings. The quantitative estimate of drug-likeness (QED) is 0.928. The molecular formula is C19H29N5O. The topological polar surface area (TPSA) is 55.1 Å². The van der Waals surface area contributed by atoms with Crippen LogP contribution in [0.4, 0.5) is 4.79 Å². The summed E-state index contributed by atoms with van der Waals surface area (Å²) in [4.78, 5) is 14.8. The molecule has 6 nitrogen and oxygen atoms in total. The van der Waals surface area contributed by atoms with Gasteiger partial charge < -0.3 is 14.8 Å². The molecule has 3 heterocycles. The molecule has 1 saturated heterocycles. The van der Waals surface area contributed by atoms with Gasteiger partial charge in [-0.3, -0.25) is 4.68 Å². The number of amides is 2. The molecule has 1 aliphatic heterocycles. The van der Waals surface area contributed by atoms with Crippen LogP contribution in [0.5, 0.6) is 0 Å². The number of hydrogen-bond donors (Lipinski definition) is 1. The summed E-state index contributed by atoms with van der Waals surface area (Å²) in [6.45, 7) is 7.00. The third kappa shape index (κ3) is 3.43. The Morgan fingerprint density at radius 1 is 1.40 bits per heavy atom. The summed E-state index contributed by atoms with van der Waals surface area (Å²) in [5, 5.41) is 7.65. The largest absolute Gasteiger partial charge is 0.353 e. The first kappa shape index (κ1) is 17.6. The van der Waals surface area contributed by atoms with E-state index in [1.165, 1.54) is 17.0 Å². The first-order valence-electron chi connectivity index (χ1n) is 9.06. The van der Waals surface area contributed by atoms with Crippen molar-refractivity contribution in [3.63, 3.8) is 0 Å². The van der Waals surface area contributed by atoms with Gasteiger partial charge >= 0.3 is 6.03 Å². The monoisotopic (exact) mass is 343 g/mol. The van der Waals surface area contributed by atoms with Crippen LogP contribution in [0.1, 0.15) is 48.5 Å². The number of nitrogens with one attached hydrogen (secondary N) is 1. The van der Waals surface area contributed by atoms with Crippen LogP contribution in [-0.4, -0.2) is 37.9 Å². The third-order valence-electron chi connectivity index (χ3n) is 5.38. The van der Waals surface area contributed by atoms with E-state index in [1.807, 2.05) is 42.9 Å². The summed E-state index contributed by atoms with van der Waals surface area (Å²) in [5.74, 6) is 0. The molecule has 2 amide bonds. The second-order valence-corrected chi connectivity index (χ2v) is 7.22. The van der Waals surface area contributed by atoms with E-state index in [0.29, 0.717) is 0 Å². The Bertz CT molecular complexity index is 760. The molecule has 0 saturated carbocycles. The second kappa shape index (κ2) is 6.94. The molecule has 2 atom stereocenters. The molecule has 3 rings (SSSR count). The predicted molar refractivity (Wildman–Crippen MR) is 98.5 cm³/mol. The molecule has 0 spiro atoms. The molecule has 2 aromatic heterocycles. The average molecular weight is 343 g/mol. The second-order valence-electron chi connectivity index (χ2n) is 7.22. The molecule has 6 heteroatoms. The Balaban J connectivity index is 1.66. The number of likely N-dealkylation sites (tertiary alicyclic amines) is 1. The summed E-state index contributed by atoms with van der Waals surface area (Å²) in [6.07, 6.45) is 4.93. The minimum atomic E-state index is 0.0374. The summed E-state index contributed by atoms with van der Waals surface area (Å²) >= 11 is 0. The van der Waals surface area contributed by atoms with E-state index in [4.69, 9.17) is 0 Å². The zero-order valence-electron chi connectivity index (χ0n) is 15.9. The van der Waals surface area contributed by atoms with Crippen LogP contribution < -0.4 is 5.32 Å². The number of urea groups is 1. The van der Waals surface area contributed by atoms with Crippen LogP contribution in [0.2, 0.25) is 0 Å². The van der Waals surface area contributed by atoms with Crippen LogP contribution >= 0.6 is 0 Å². The van der Waals surface area contributed by atoms with Crippen molar-refractivity contribution in [3.8, 4) is 0 Å². The van der Waals surface area contributed by atoms with Gasteiger partial charge in [0, 0.05) is 44.3 Å². The molecule has 1 aliphatic rings. The molecule has 0 aromatic carbocycles. The highest BCUT2D eigenvalue weighted by atomic mass is 16.2. The van der Waals surface area contributed by atoms with E-state index in [0.717, 1.165) is 31.5 Å².